The number of carboxylic acids is 1. The Bertz CT molecular complexity index is 1600. The lowest BCUT2D eigenvalue weighted by Crippen LogP contribution is -2.21. The molecule has 0 amide bonds. The Morgan fingerprint density at radius 3 is 1.45 bits per heavy atom. The van der Waals surface area contributed by atoms with E-state index in [1.807, 2.05) is 0 Å². The highest BCUT2D eigenvalue weighted by Gasteiger charge is 2.06. The molecule has 3 aromatic carbocycles. The Balaban J connectivity index is 0.000000331. The highest BCUT2D eigenvalue weighted by Crippen LogP contribution is 2.29. The summed E-state index contributed by atoms with van der Waals surface area (Å²) in [5.74, 6) is 0.0699. The Kier molecular flexibility index (Phi) is 19.2. The second kappa shape index (κ2) is 21.3. The number of aromatic nitrogens is 4. The third kappa shape index (κ3) is 19.7. The van der Waals surface area contributed by atoms with Crippen LogP contribution in [0.2, 0.25) is 56.3 Å². The standard InChI is InChI=1S/C8H5Cl3O2.C8H6Cl2N4O2.C8H6Cl2O3.C4H12Si/c9-5-1-2-7(6(10)3-5)13-4-8(11)12;9-5-1-2-7(6(10)3-5)16-4-14-8(15)11-12-13-14;9-5-1-2-7(6(10)3-5)13-4-8(11)12;1-5(2,3)4/h1-3H,4H2;1-3H,4H2,(H,11,13,15);1-3H,4H2,(H,11,12);1-4H3. The highest BCUT2D eigenvalue weighted by molar-refractivity contribution is 6.74. The predicted molar refractivity (Wildman–Crippen MR) is 189 cm³/mol. The Labute approximate surface area is 306 Å². The maximum Gasteiger partial charge on any atom is 0.364 e. The van der Waals surface area contributed by atoms with Gasteiger partial charge in [-0.15, -0.1) is 0 Å². The van der Waals surface area contributed by atoms with Crippen molar-refractivity contribution in [1.82, 2.24) is 20.2 Å². The molecule has 256 valence electrons. The van der Waals surface area contributed by atoms with Crippen LogP contribution in [0.1, 0.15) is 0 Å². The monoisotopic (exact) mass is 806 g/mol. The van der Waals surface area contributed by atoms with E-state index >= 15 is 0 Å². The molecule has 0 aliphatic rings. The maximum absolute atomic E-state index is 11.0. The van der Waals surface area contributed by atoms with E-state index < -0.39 is 31.6 Å². The number of carbonyl (C=O) groups excluding carboxylic acids is 1. The molecule has 11 nitrogen and oxygen atoms in total. The third-order valence-corrected chi connectivity index (χ3v) is 5.95. The zero-order valence-corrected chi connectivity index (χ0v) is 31.5. The molecule has 0 saturated carbocycles. The lowest BCUT2D eigenvalue weighted by molar-refractivity contribution is -0.139. The molecule has 0 aliphatic heterocycles. The topological polar surface area (TPSA) is 146 Å². The van der Waals surface area contributed by atoms with Gasteiger partial charge in [-0.05, 0) is 76.6 Å². The van der Waals surface area contributed by atoms with E-state index in [-0.39, 0.29) is 13.3 Å². The molecule has 0 fully saturated rings. The third-order valence-electron chi connectivity index (χ3n) is 4.25. The van der Waals surface area contributed by atoms with Crippen molar-refractivity contribution < 1.29 is 28.9 Å². The zero-order valence-electron chi connectivity index (χ0n) is 25.2. The number of aliphatic carboxylic acids is 1. The molecule has 47 heavy (non-hydrogen) atoms. The first kappa shape index (κ1) is 42.3. The van der Waals surface area contributed by atoms with Crippen molar-refractivity contribution in [2.24, 2.45) is 0 Å². The average Bonchev–Trinajstić information content (AvgIpc) is 3.35. The van der Waals surface area contributed by atoms with Gasteiger partial charge in [-0.3, -0.25) is 4.79 Å². The van der Waals surface area contributed by atoms with Crippen LogP contribution >= 0.6 is 81.2 Å². The van der Waals surface area contributed by atoms with Gasteiger partial charge in [-0.2, -0.15) is 4.68 Å². The van der Waals surface area contributed by atoms with Crippen LogP contribution in [0, 0.1) is 0 Å². The summed E-state index contributed by atoms with van der Waals surface area (Å²) in [4.78, 5) is 31.6. The van der Waals surface area contributed by atoms with E-state index in [1.54, 1.807) is 36.4 Å². The molecule has 4 aromatic rings. The summed E-state index contributed by atoms with van der Waals surface area (Å²) < 4.78 is 16.1. The van der Waals surface area contributed by atoms with Crippen LogP contribution in [-0.2, 0) is 16.3 Å². The summed E-state index contributed by atoms with van der Waals surface area (Å²) in [5, 5.41) is 19.2. The molecule has 0 bridgehead atoms. The minimum atomic E-state index is -1.05. The van der Waals surface area contributed by atoms with Crippen LogP contribution < -0.4 is 19.9 Å². The lowest BCUT2D eigenvalue weighted by Gasteiger charge is -2.06. The fraction of sp³-hybridized carbons (Fsp3) is 0.250. The van der Waals surface area contributed by atoms with Crippen LogP contribution in [0.15, 0.2) is 59.4 Å². The molecular formula is C28H29Cl7N4O7Si. The number of nitrogens with zero attached hydrogens (tertiary/aromatic N) is 3. The van der Waals surface area contributed by atoms with Crippen LogP contribution in [0.3, 0.4) is 0 Å². The predicted octanol–water partition coefficient (Wildman–Crippen LogP) is 8.86. The van der Waals surface area contributed by atoms with Crippen LogP contribution in [-0.4, -0.2) is 57.8 Å². The Morgan fingerprint density at radius 2 is 1.13 bits per heavy atom. The van der Waals surface area contributed by atoms with Gasteiger partial charge in [-0.25, -0.2) is 14.7 Å². The summed E-state index contributed by atoms with van der Waals surface area (Å²) in [6, 6.07) is 14.1. The number of halogens is 7. The number of aromatic amines is 1. The van der Waals surface area contributed by atoms with Crippen LogP contribution in [0.5, 0.6) is 17.2 Å². The van der Waals surface area contributed by atoms with Gasteiger partial charge in [0, 0.05) is 23.1 Å². The van der Waals surface area contributed by atoms with Crippen molar-refractivity contribution in [2.75, 3.05) is 13.2 Å². The lowest BCUT2D eigenvalue weighted by atomic mass is 10.3. The van der Waals surface area contributed by atoms with E-state index in [2.05, 4.69) is 41.7 Å². The second-order valence-electron chi connectivity index (χ2n) is 10.3. The smallest absolute Gasteiger partial charge is 0.364 e. The van der Waals surface area contributed by atoms with E-state index in [1.165, 1.54) is 18.2 Å². The highest BCUT2D eigenvalue weighted by atomic mass is 35.5. The fourth-order valence-corrected chi connectivity index (χ4v) is 3.93. The normalized spacial score (nSPS) is 10.2. The number of H-pyrrole nitrogens is 1. The zero-order chi connectivity index (χ0) is 35.7. The SMILES string of the molecule is C[Si](C)(C)C.O=C(Cl)COc1ccc(Cl)cc1Cl.O=C(O)COc1ccc(Cl)cc1Cl.O=c1[nH]nnn1COc1ccc(Cl)cc1Cl. The number of benzene rings is 3. The molecule has 0 aliphatic carbocycles. The molecule has 0 unspecified atom stereocenters. The minimum Gasteiger partial charge on any atom is -0.483 e. The number of nitrogens with one attached hydrogen (secondary N) is 1. The fourth-order valence-electron chi connectivity index (χ4n) is 2.48. The van der Waals surface area contributed by atoms with Crippen molar-refractivity contribution in [1.29, 1.82) is 0 Å². The van der Waals surface area contributed by atoms with E-state index in [0.717, 1.165) is 4.68 Å². The van der Waals surface area contributed by atoms with Gasteiger partial charge in [0.1, 0.15) is 17.2 Å². The Hall–Kier alpha value is -2.68. The van der Waals surface area contributed by atoms with Crippen molar-refractivity contribution in [3.05, 3.63) is 95.2 Å². The molecule has 0 saturated heterocycles. The maximum atomic E-state index is 11.0. The molecule has 2 N–H and O–H groups in total. The number of hydrogen-bond acceptors (Lipinski definition) is 8. The van der Waals surface area contributed by atoms with Crippen molar-refractivity contribution in [3.63, 3.8) is 0 Å². The van der Waals surface area contributed by atoms with Gasteiger partial charge < -0.3 is 19.3 Å². The van der Waals surface area contributed by atoms with Gasteiger partial charge in [0.05, 0.1) is 15.1 Å². The summed E-state index contributed by atoms with van der Waals surface area (Å²) in [7, 11) is -0.611. The van der Waals surface area contributed by atoms with Gasteiger partial charge >= 0.3 is 11.7 Å². The molecular weight excluding hydrogens is 781 g/mol. The van der Waals surface area contributed by atoms with E-state index in [4.69, 9.17) is 101 Å². The van der Waals surface area contributed by atoms with Crippen LogP contribution in [0.4, 0.5) is 0 Å². The van der Waals surface area contributed by atoms with Crippen LogP contribution in [0.25, 0.3) is 0 Å². The van der Waals surface area contributed by atoms with Gasteiger partial charge in [0.25, 0.3) is 5.24 Å². The first-order valence-electron chi connectivity index (χ1n) is 13.0. The first-order valence-corrected chi connectivity index (χ1v) is 19.6. The molecule has 4 rings (SSSR count). The van der Waals surface area contributed by atoms with Gasteiger partial charge in [-0.1, -0.05) is 95.8 Å². The number of tetrazole rings is 1. The van der Waals surface area contributed by atoms with Crippen molar-refractivity contribution >= 4 is 100 Å². The molecule has 1 heterocycles. The van der Waals surface area contributed by atoms with E-state index in [9.17, 15) is 14.4 Å². The summed E-state index contributed by atoms with van der Waals surface area (Å²) >= 11 is 39.4. The second-order valence-corrected chi connectivity index (χ2v) is 19.3. The van der Waals surface area contributed by atoms with Gasteiger partial charge in [0.15, 0.2) is 19.9 Å². The van der Waals surface area contributed by atoms with Crippen molar-refractivity contribution in [2.45, 2.75) is 32.9 Å². The molecule has 0 atom stereocenters. The number of ether oxygens (including phenoxy) is 3. The molecule has 19 heteroatoms. The molecule has 0 spiro atoms. The quantitative estimate of drug-likeness (QED) is 0.125. The first-order chi connectivity index (χ1) is 21.8. The summed E-state index contributed by atoms with van der Waals surface area (Å²) in [6.07, 6.45) is 0. The van der Waals surface area contributed by atoms with Crippen molar-refractivity contribution in [3.8, 4) is 17.2 Å². The average molecular weight is 810 g/mol. The summed E-state index contributed by atoms with van der Waals surface area (Å²) in [6.45, 7) is 8.61. The van der Waals surface area contributed by atoms with E-state index in [0.29, 0.717) is 47.4 Å². The summed E-state index contributed by atoms with van der Waals surface area (Å²) in [5.41, 5.74) is -0.454. The molecule has 1 aromatic heterocycles. The molecule has 0 radical (unpaired) electrons. The largest absolute Gasteiger partial charge is 0.483 e. The Morgan fingerprint density at radius 1 is 0.745 bits per heavy atom. The van der Waals surface area contributed by atoms with Gasteiger partial charge in [0.2, 0.25) is 0 Å². The number of rotatable bonds is 9. The number of hydrogen-bond donors (Lipinski definition) is 2. The number of carboxylic acid groups (broad SMARTS) is 1. The minimum absolute atomic E-state index is 0.0727. The number of carbonyl (C=O) groups is 2.